The van der Waals surface area contributed by atoms with Crippen molar-refractivity contribution in [2.45, 2.75) is 51.7 Å². The number of hydrogen-bond donors (Lipinski definition) is 1. The fraction of sp³-hybridized carbons (Fsp3) is 0.933. The molecule has 1 rings (SSSR count). The number of nitrogens with zero attached hydrogens (tertiary/aromatic N) is 3. The van der Waals surface area contributed by atoms with E-state index in [1.54, 1.807) is 0 Å². The van der Waals surface area contributed by atoms with Crippen molar-refractivity contribution in [1.82, 2.24) is 15.1 Å². The summed E-state index contributed by atoms with van der Waals surface area (Å²) in [6.07, 6.45) is 0.879. The Morgan fingerprint density at radius 3 is 2.53 bits per heavy atom. The number of hydrogen-bond acceptors (Lipinski definition) is 4. The maximum Gasteiger partial charge on any atom is 0.105 e. The molecule has 1 fully saturated rings. The van der Waals surface area contributed by atoms with Gasteiger partial charge in [-0.1, -0.05) is 13.8 Å². The first-order chi connectivity index (χ1) is 8.83. The van der Waals surface area contributed by atoms with Crippen LogP contribution >= 0.6 is 0 Å². The molecule has 0 radical (unpaired) electrons. The summed E-state index contributed by atoms with van der Waals surface area (Å²) in [6, 6.07) is 3.51. The van der Waals surface area contributed by atoms with Gasteiger partial charge in [0.05, 0.1) is 6.07 Å². The highest BCUT2D eigenvalue weighted by Crippen LogP contribution is 2.25. The van der Waals surface area contributed by atoms with Crippen molar-refractivity contribution in [1.29, 1.82) is 5.26 Å². The van der Waals surface area contributed by atoms with Gasteiger partial charge >= 0.3 is 0 Å². The number of rotatable bonds is 6. The van der Waals surface area contributed by atoms with Gasteiger partial charge in [-0.05, 0) is 46.8 Å². The van der Waals surface area contributed by atoms with Crippen LogP contribution in [0.2, 0.25) is 0 Å². The topological polar surface area (TPSA) is 42.3 Å². The van der Waals surface area contributed by atoms with Gasteiger partial charge in [0.15, 0.2) is 0 Å². The maximum atomic E-state index is 9.36. The van der Waals surface area contributed by atoms with Gasteiger partial charge in [-0.3, -0.25) is 10.2 Å². The first kappa shape index (κ1) is 16.4. The zero-order chi connectivity index (χ0) is 14.6. The standard InChI is InChI=1S/C15H30N4/c1-7-17-15(4,11-16)8-13(3)19-9-12(2)14(10-19)18(5)6/h12-14,17H,7-10H2,1-6H3. The molecule has 0 spiro atoms. The zero-order valence-corrected chi connectivity index (χ0v) is 13.4. The molecule has 0 aromatic rings. The Morgan fingerprint density at radius 1 is 1.47 bits per heavy atom. The average Bonchev–Trinajstić information content (AvgIpc) is 2.72. The molecule has 0 saturated carbocycles. The lowest BCUT2D eigenvalue weighted by atomic mass is 9.94. The van der Waals surface area contributed by atoms with E-state index in [0.717, 1.165) is 26.1 Å². The molecule has 0 aromatic carbocycles. The van der Waals surface area contributed by atoms with E-state index in [0.29, 0.717) is 18.0 Å². The Bertz CT molecular complexity index is 323. The predicted molar refractivity (Wildman–Crippen MR) is 80.0 cm³/mol. The van der Waals surface area contributed by atoms with Crippen molar-refractivity contribution in [3.05, 3.63) is 0 Å². The summed E-state index contributed by atoms with van der Waals surface area (Å²) in [5.41, 5.74) is -0.409. The first-order valence-corrected chi connectivity index (χ1v) is 7.39. The van der Waals surface area contributed by atoms with Gasteiger partial charge in [-0.15, -0.1) is 0 Å². The van der Waals surface area contributed by atoms with E-state index in [-0.39, 0.29) is 0 Å². The minimum absolute atomic E-state index is 0.409. The van der Waals surface area contributed by atoms with E-state index in [1.165, 1.54) is 0 Å². The van der Waals surface area contributed by atoms with Crippen LogP contribution in [0, 0.1) is 17.2 Å². The smallest absolute Gasteiger partial charge is 0.105 e. The summed E-state index contributed by atoms with van der Waals surface area (Å²) in [5, 5.41) is 12.7. The third-order valence-electron chi connectivity index (χ3n) is 4.40. The van der Waals surface area contributed by atoms with E-state index in [4.69, 9.17) is 0 Å². The number of nitriles is 1. The van der Waals surface area contributed by atoms with Gasteiger partial charge in [-0.25, -0.2) is 0 Å². The molecule has 1 N–H and O–H groups in total. The number of nitrogens with one attached hydrogen (secondary N) is 1. The van der Waals surface area contributed by atoms with E-state index in [2.05, 4.69) is 56.1 Å². The monoisotopic (exact) mass is 266 g/mol. The van der Waals surface area contributed by atoms with Crippen molar-refractivity contribution in [2.24, 2.45) is 5.92 Å². The molecule has 0 bridgehead atoms. The first-order valence-electron chi connectivity index (χ1n) is 7.39. The highest BCUT2D eigenvalue weighted by molar-refractivity contribution is 5.06. The Morgan fingerprint density at radius 2 is 2.11 bits per heavy atom. The van der Waals surface area contributed by atoms with Gasteiger partial charge in [0.2, 0.25) is 0 Å². The SMILES string of the molecule is CCNC(C)(C#N)CC(C)N1CC(C)C(N(C)C)C1. The van der Waals surface area contributed by atoms with Crippen LogP contribution in [-0.2, 0) is 0 Å². The van der Waals surface area contributed by atoms with Crippen molar-refractivity contribution in [3.63, 3.8) is 0 Å². The lowest BCUT2D eigenvalue weighted by Gasteiger charge is -2.32. The van der Waals surface area contributed by atoms with Crippen LogP contribution < -0.4 is 5.32 Å². The summed E-state index contributed by atoms with van der Waals surface area (Å²) >= 11 is 0. The Hall–Kier alpha value is -0.630. The van der Waals surface area contributed by atoms with E-state index < -0.39 is 5.54 Å². The summed E-state index contributed by atoms with van der Waals surface area (Å²) in [4.78, 5) is 4.85. The van der Waals surface area contributed by atoms with Crippen LogP contribution in [0.15, 0.2) is 0 Å². The van der Waals surface area contributed by atoms with Crippen molar-refractivity contribution >= 4 is 0 Å². The summed E-state index contributed by atoms with van der Waals surface area (Å²) < 4.78 is 0. The third kappa shape index (κ3) is 4.17. The average molecular weight is 266 g/mol. The van der Waals surface area contributed by atoms with Crippen LogP contribution in [0.3, 0.4) is 0 Å². The van der Waals surface area contributed by atoms with E-state index in [1.807, 2.05) is 6.92 Å². The predicted octanol–water partition coefficient (Wildman–Crippen LogP) is 1.54. The molecule has 1 saturated heterocycles. The molecule has 110 valence electrons. The molecule has 4 nitrogen and oxygen atoms in total. The van der Waals surface area contributed by atoms with E-state index in [9.17, 15) is 5.26 Å². The number of likely N-dealkylation sites (tertiary alicyclic amines) is 1. The van der Waals surface area contributed by atoms with Crippen molar-refractivity contribution in [3.8, 4) is 6.07 Å². The van der Waals surface area contributed by atoms with Gasteiger partial charge in [-0.2, -0.15) is 5.26 Å². The summed E-state index contributed by atoms with van der Waals surface area (Å²) in [5.74, 6) is 0.699. The van der Waals surface area contributed by atoms with Gasteiger partial charge < -0.3 is 4.90 Å². The fourth-order valence-corrected chi connectivity index (χ4v) is 3.29. The lowest BCUT2D eigenvalue weighted by molar-refractivity contribution is 0.195. The molecule has 19 heavy (non-hydrogen) atoms. The molecule has 4 atom stereocenters. The second-order valence-electron chi connectivity index (χ2n) is 6.49. The molecule has 4 heteroatoms. The molecular formula is C15H30N4. The van der Waals surface area contributed by atoms with Crippen LogP contribution in [0.4, 0.5) is 0 Å². The molecule has 1 aliphatic heterocycles. The second kappa shape index (κ2) is 6.69. The molecule has 0 aliphatic carbocycles. The minimum atomic E-state index is -0.409. The van der Waals surface area contributed by atoms with E-state index >= 15 is 0 Å². The molecule has 0 amide bonds. The summed E-state index contributed by atoms with van der Waals surface area (Å²) in [6.45, 7) is 11.7. The van der Waals surface area contributed by atoms with Crippen LogP contribution in [0.1, 0.15) is 34.1 Å². The van der Waals surface area contributed by atoms with Crippen molar-refractivity contribution in [2.75, 3.05) is 33.7 Å². The lowest BCUT2D eigenvalue weighted by Crippen LogP contribution is -2.47. The second-order valence-corrected chi connectivity index (χ2v) is 6.49. The molecule has 1 aliphatic rings. The largest absolute Gasteiger partial charge is 0.305 e. The maximum absolute atomic E-state index is 9.36. The normalized spacial score (nSPS) is 29.2. The van der Waals surface area contributed by atoms with Gasteiger partial charge in [0, 0.05) is 25.2 Å². The van der Waals surface area contributed by atoms with Crippen LogP contribution in [0.5, 0.6) is 0 Å². The summed E-state index contributed by atoms with van der Waals surface area (Å²) in [7, 11) is 4.32. The van der Waals surface area contributed by atoms with Gasteiger partial charge in [0.1, 0.15) is 5.54 Å². The molecule has 4 unspecified atom stereocenters. The Labute approximate surface area is 118 Å². The third-order valence-corrected chi connectivity index (χ3v) is 4.40. The van der Waals surface area contributed by atoms with Gasteiger partial charge in [0.25, 0.3) is 0 Å². The Balaban J connectivity index is 2.60. The molecular weight excluding hydrogens is 236 g/mol. The van der Waals surface area contributed by atoms with Crippen LogP contribution in [-0.4, -0.2) is 61.2 Å². The molecule has 0 aromatic heterocycles. The zero-order valence-electron chi connectivity index (χ0n) is 13.4. The van der Waals surface area contributed by atoms with Crippen molar-refractivity contribution < 1.29 is 0 Å². The number of likely N-dealkylation sites (N-methyl/N-ethyl adjacent to an activating group) is 1. The Kier molecular flexibility index (Phi) is 5.79. The minimum Gasteiger partial charge on any atom is -0.305 e. The fourth-order valence-electron chi connectivity index (χ4n) is 3.29. The molecule has 1 heterocycles. The van der Waals surface area contributed by atoms with Crippen LogP contribution in [0.25, 0.3) is 0 Å². The highest BCUT2D eigenvalue weighted by Gasteiger charge is 2.36. The quantitative estimate of drug-likeness (QED) is 0.792. The highest BCUT2D eigenvalue weighted by atomic mass is 15.3.